The minimum Gasteiger partial charge on any atom is -0.310 e. The molecule has 0 fully saturated rings. The SMILES string of the molecule is CC(C)(C)CNCc1nc(C(F)(F)F)cs1. The van der Waals surface area contributed by atoms with Crippen molar-refractivity contribution in [3.05, 3.63) is 16.1 Å². The number of alkyl halides is 3. The molecule has 0 bridgehead atoms. The Kier molecular flexibility index (Phi) is 3.96. The third kappa shape index (κ3) is 4.49. The predicted molar refractivity (Wildman–Crippen MR) is 58.3 cm³/mol. The van der Waals surface area contributed by atoms with E-state index in [2.05, 4.69) is 31.1 Å². The van der Waals surface area contributed by atoms with Crippen molar-refractivity contribution in [1.29, 1.82) is 0 Å². The van der Waals surface area contributed by atoms with Gasteiger partial charge in [0.25, 0.3) is 0 Å². The van der Waals surface area contributed by atoms with Gasteiger partial charge in [0, 0.05) is 18.5 Å². The van der Waals surface area contributed by atoms with E-state index in [1.807, 2.05) is 0 Å². The second kappa shape index (κ2) is 4.71. The van der Waals surface area contributed by atoms with Crippen LogP contribution in [-0.2, 0) is 12.7 Å². The first-order valence-corrected chi connectivity index (χ1v) is 5.79. The molecule has 2 nitrogen and oxygen atoms in total. The lowest BCUT2D eigenvalue weighted by Crippen LogP contribution is -2.26. The number of rotatable bonds is 3. The normalized spacial score (nSPS) is 13.1. The number of hydrogen-bond donors (Lipinski definition) is 1. The third-order valence-corrected chi connectivity index (χ3v) is 2.62. The molecular weight excluding hydrogens is 237 g/mol. The summed E-state index contributed by atoms with van der Waals surface area (Å²) in [4.78, 5) is 3.53. The first kappa shape index (κ1) is 13.4. The molecule has 0 radical (unpaired) electrons. The Morgan fingerprint density at radius 3 is 2.38 bits per heavy atom. The van der Waals surface area contributed by atoms with Crippen molar-refractivity contribution < 1.29 is 13.2 Å². The summed E-state index contributed by atoms with van der Waals surface area (Å²) in [5.41, 5.74) is -0.686. The molecule has 0 aliphatic rings. The van der Waals surface area contributed by atoms with Crippen LogP contribution >= 0.6 is 11.3 Å². The van der Waals surface area contributed by atoms with Gasteiger partial charge in [-0.2, -0.15) is 13.2 Å². The van der Waals surface area contributed by atoms with Crippen LogP contribution in [0.1, 0.15) is 31.5 Å². The number of nitrogens with one attached hydrogen (secondary N) is 1. The Balaban J connectivity index is 2.48. The zero-order valence-electron chi connectivity index (χ0n) is 9.48. The van der Waals surface area contributed by atoms with E-state index < -0.39 is 11.9 Å². The minimum absolute atomic E-state index is 0.115. The van der Waals surface area contributed by atoms with Gasteiger partial charge in [-0.3, -0.25) is 0 Å². The summed E-state index contributed by atoms with van der Waals surface area (Å²) in [6.07, 6.45) is -4.33. The molecule has 0 spiro atoms. The quantitative estimate of drug-likeness (QED) is 0.892. The summed E-state index contributed by atoms with van der Waals surface area (Å²) < 4.78 is 36.7. The van der Waals surface area contributed by atoms with Crippen LogP contribution in [-0.4, -0.2) is 11.5 Å². The van der Waals surface area contributed by atoms with E-state index in [9.17, 15) is 13.2 Å². The smallest absolute Gasteiger partial charge is 0.310 e. The van der Waals surface area contributed by atoms with Crippen molar-refractivity contribution in [2.45, 2.75) is 33.5 Å². The van der Waals surface area contributed by atoms with E-state index >= 15 is 0 Å². The Hall–Kier alpha value is -0.620. The monoisotopic (exact) mass is 252 g/mol. The zero-order chi connectivity index (χ0) is 12.4. The molecule has 6 heteroatoms. The molecule has 0 atom stereocenters. The zero-order valence-corrected chi connectivity index (χ0v) is 10.3. The highest BCUT2D eigenvalue weighted by Gasteiger charge is 2.33. The van der Waals surface area contributed by atoms with Crippen LogP contribution in [0.3, 0.4) is 0 Å². The van der Waals surface area contributed by atoms with Crippen molar-refractivity contribution in [2.75, 3.05) is 6.54 Å². The summed E-state index contributed by atoms with van der Waals surface area (Å²) in [7, 11) is 0. The number of aromatic nitrogens is 1. The second-order valence-electron chi connectivity index (χ2n) is 4.79. The lowest BCUT2D eigenvalue weighted by Gasteiger charge is -2.18. The minimum atomic E-state index is -4.33. The van der Waals surface area contributed by atoms with Crippen LogP contribution in [0.5, 0.6) is 0 Å². The van der Waals surface area contributed by atoms with Gasteiger partial charge >= 0.3 is 6.18 Å². The lowest BCUT2D eigenvalue weighted by atomic mass is 9.97. The molecule has 16 heavy (non-hydrogen) atoms. The van der Waals surface area contributed by atoms with E-state index in [-0.39, 0.29) is 5.41 Å². The maximum atomic E-state index is 12.2. The largest absolute Gasteiger partial charge is 0.434 e. The Morgan fingerprint density at radius 1 is 1.31 bits per heavy atom. The summed E-state index contributed by atoms with van der Waals surface area (Å²) in [5, 5.41) is 4.61. The molecule has 0 unspecified atom stereocenters. The second-order valence-corrected chi connectivity index (χ2v) is 5.73. The van der Waals surface area contributed by atoms with Gasteiger partial charge in [-0.1, -0.05) is 20.8 Å². The highest BCUT2D eigenvalue weighted by Crippen LogP contribution is 2.29. The van der Waals surface area contributed by atoms with E-state index in [4.69, 9.17) is 0 Å². The maximum Gasteiger partial charge on any atom is 0.434 e. The molecule has 0 aliphatic carbocycles. The predicted octanol–water partition coefficient (Wildman–Crippen LogP) is 3.30. The fourth-order valence-electron chi connectivity index (χ4n) is 1.07. The molecule has 0 saturated carbocycles. The van der Waals surface area contributed by atoms with Gasteiger partial charge in [-0.25, -0.2) is 4.98 Å². The van der Waals surface area contributed by atoms with Gasteiger partial charge in [-0.05, 0) is 5.41 Å². The molecule has 1 N–H and O–H groups in total. The molecule has 0 amide bonds. The third-order valence-electron chi connectivity index (χ3n) is 1.77. The molecule has 1 heterocycles. The van der Waals surface area contributed by atoms with Crippen LogP contribution in [0.2, 0.25) is 0 Å². The summed E-state index contributed by atoms with van der Waals surface area (Å²) in [6.45, 7) is 7.31. The molecule has 0 aliphatic heterocycles. The molecule has 92 valence electrons. The summed E-state index contributed by atoms with van der Waals surface area (Å²) in [6, 6.07) is 0. The Morgan fingerprint density at radius 2 is 1.94 bits per heavy atom. The molecule has 1 aromatic rings. The molecule has 0 aromatic carbocycles. The van der Waals surface area contributed by atoms with Gasteiger partial charge in [0.1, 0.15) is 5.01 Å². The molecule has 0 saturated heterocycles. The van der Waals surface area contributed by atoms with Gasteiger partial charge < -0.3 is 5.32 Å². The van der Waals surface area contributed by atoms with Crippen molar-refractivity contribution in [2.24, 2.45) is 5.41 Å². The number of halogens is 3. The van der Waals surface area contributed by atoms with Crippen molar-refractivity contribution in [3.63, 3.8) is 0 Å². The van der Waals surface area contributed by atoms with Crippen LogP contribution in [0.25, 0.3) is 0 Å². The molecule has 1 rings (SSSR count). The first-order chi connectivity index (χ1) is 7.18. The van der Waals surface area contributed by atoms with Gasteiger partial charge in [0.05, 0.1) is 0 Å². The number of nitrogens with zero attached hydrogens (tertiary/aromatic N) is 1. The van der Waals surface area contributed by atoms with Crippen molar-refractivity contribution in [3.8, 4) is 0 Å². The average Bonchev–Trinajstić information content (AvgIpc) is 2.49. The highest BCUT2D eigenvalue weighted by atomic mass is 32.1. The van der Waals surface area contributed by atoms with E-state index in [1.54, 1.807) is 0 Å². The standard InChI is InChI=1S/C10H15F3N2S/c1-9(2,3)6-14-4-8-15-7(5-16-8)10(11,12)13/h5,14H,4,6H2,1-3H3. The fraction of sp³-hybridized carbons (Fsp3) is 0.700. The van der Waals surface area contributed by atoms with E-state index in [0.29, 0.717) is 11.6 Å². The fourth-order valence-corrected chi connectivity index (χ4v) is 1.84. The Bertz CT molecular complexity index is 339. The summed E-state index contributed by atoms with van der Waals surface area (Å²) >= 11 is 1.03. The highest BCUT2D eigenvalue weighted by molar-refractivity contribution is 7.09. The first-order valence-electron chi connectivity index (χ1n) is 4.91. The molecular formula is C10H15F3N2S. The van der Waals surface area contributed by atoms with Crippen molar-refractivity contribution >= 4 is 11.3 Å². The Labute approximate surface area is 96.9 Å². The van der Waals surface area contributed by atoms with Crippen LogP contribution in [0.4, 0.5) is 13.2 Å². The van der Waals surface area contributed by atoms with E-state index in [0.717, 1.165) is 23.3 Å². The maximum absolute atomic E-state index is 12.2. The van der Waals surface area contributed by atoms with Gasteiger partial charge in [-0.15, -0.1) is 11.3 Å². The number of thiazole rings is 1. The van der Waals surface area contributed by atoms with Gasteiger partial charge in [0.15, 0.2) is 5.69 Å². The topological polar surface area (TPSA) is 24.9 Å². The number of hydrogen-bond acceptors (Lipinski definition) is 3. The average molecular weight is 252 g/mol. The lowest BCUT2D eigenvalue weighted by molar-refractivity contribution is -0.140. The van der Waals surface area contributed by atoms with Gasteiger partial charge in [0.2, 0.25) is 0 Å². The van der Waals surface area contributed by atoms with Crippen LogP contribution in [0, 0.1) is 5.41 Å². The van der Waals surface area contributed by atoms with Crippen LogP contribution < -0.4 is 5.32 Å². The van der Waals surface area contributed by atoms with E-state index in [1.165, 1.54) is 0 Å². The molecule has 1 aromatic heterocycles. The summed E-state index contributed by atoms with van der Waals surface area (Å²) in [5.74, 6) is 0. The van der Waals surface area contributed by atoms with Crippen molar-refractivity contribution in [1.82, 2.24) is 10.3 Å². The van der Waals surface area contributed by atoms with Crippen LogP contribution in [0.15, 0.2) is 5.38 Å².